The maximum absolute atomic E-state index is 13.2. The minimum atomic E-state index is -1.03. The molecule has 2 aromatic rings. The van der Waals surface area contributed by atoms with Gasteiger partial charge >= 0.3 is 5.97 Å². The number of carboxylic acids is 1. The molecule has 2 unspecified atom stereocenters. The molecule has 1 amide bonds. The van der Waals surface area contributed by atoms with Crippen molar-refractivity contribution in [2.24, 2.45) is 0 Å². The van der Waals surface area contributed by atoms with Gasteiger partial charge in [0, 0.05) is 37.2 Å². The number of hydrogen-bond donors (Lipinski definition) is 2. The third-order valence-corrected chi connectivity index (χ3v) is 4.27. The Hall–Kier alpha value is -2.41. The van der Waals surface area contributed by atoms with Gasteiger partial charge in [-0.2, -0.15) is 0 Å². The number of aromatic nitrogens is 1. The van der Waals surface area contributed by atoms with E-state index < -0.39 is 12.0 Å². The van der Waals surface area contributed by atoms with Crippen LogP contribution in [0.5, 0.6) is 0 Å². The van der Waals surface area contributed by atoms with Crippen LogP contribution in [0.3, 0.4) is 0 Å². The standard InChI is InChI=1S/C16H17FN2O4/c1-23-11-6-14(16(21)22)19(8-11)15(20)4-9-7-18-13-5-10(17)2-3-12(9)13/h2-3,5,7,11,14,18H,4,6,8H2,1H3,(H,21,22). The summed E-state index contributed by atoms with van der Waals surface area (Å²) >= 11 is 0. The zero-order chi connectivity index (χ0) is 16.6. The lowest BCUT2D eigenvalue weighted by molar-refractivity contribution is -0.147. The number of likely N-dealkylation sites (tertiary alicyclic amines) is 1. The Morgan fingerprint density at radius 1 is 1.48 bits per heavy atom. The van der Waals surface area contributed by atoms with E-state index in [1.807, 2.05) is 0 Å². The number of nitrogens with zero attached hydrogens (tertiary/aromatic N) is 1. The number of hydrogen-bond acceptors (Lipinski definition) is 3. The van der Waals surface area contributed by atoms with Crippen molar-refractivity contribution in [3.63, 3.8) is 0 Å². The molecule has 2 heterocycles. The van der Waals surface area contributed by atoms with Gasteiger partial charge in [0.1, 0.15) is 11.9 Å². The summed E-state index contributed by atoms with van der Waals surface area (Å²) in [4.78, 5) is 28.1. The Balaban J connectivity index is 1.81. The molecule has 0 spiro atoms. The molecular formula is C16H17FN2O4. The number of H-pyrrole nitrogens is 1. The maximum Gasteiger partial charge on any atom is 0.326 e. The highest BCUT2D eigenvalue weighted by Gasteiger charge is 2.39. The van der Waals surface area contributed by atoms with Crippen molar-refractivity contribution in [2.75, 3.05) is 13.7 Å². The smallest absolute Gasteiger partial charge is 0.326 e. The normalized spacial score (nSPS) is 21.0. The first-order valence-electron chi connectivity index (χ1n) is 7.30. The van der Waals surface area contributed by atoms with Crippen molar-refractivity contribution >= 4 is 22.8 Å². The lowest BCUT2D eigenvalue weighted by Crippen LogP contribution is -2.41. The molecule has 23 heavy (non-hydrogen) atoms. The number of aliphatic carboxylic acids is 1. The molecule has 2 atom stereocenters. The number of benzene rings is 1. The number of aromatic amines is 1. The van der Waals surface area contributed by atoms with Crippen LogP contribution < -0.4 is 0 Å². The molecule has 1 aliphatic rings. The molecule has 3 rings (SSSR count). The SMILES string of the molecule is COC1CC(C(=O)O)N(C(=O)Cc2c[nH]c3cc(F)ccc23)C1. The van der Waals surface area contributed by atoms with Crippen LogP contribution in [-0.2, 0) is 20.7 Å². The largest absolute Gasteiger partial charge is 0.480 e. The van der Waals surface area contributed by atoms with Gasteiger partial charge in [-0.1, -0.05) is 0 Å². The van der Waals surface area contributed by atoms with E-state index in [1.165, 1.54) is 24.1 Å². The fraction of sp³-hybridized carbons (Fsp3) is 0.375. The number of nitrogens with one attached hydrogen (secondary N) is 1. The molecule has 1 aromatic carbocycles. The lowest BCUT2D eigenvalue weighted by atomic mass is 10.1. The summed E-state index contributed by atoms with van der Waals surface area (Å²) in [6, 6.07) is 3.44. The number of rotatable bonds is 4. The van der Waals surface area contributed by atoms with Crippen LogP contribution in [0.1, 0.15) is 12.0 Å². The zero-order valence-electron chi connectivity index (χ0n) is 12.6. The minimum Gasteiger partial charge on any atom is -0.480 e. The molecule has 6 nitrogen and oxygen atoms in total. The summed E-state index contributed by atoms with van der Waals surface area (Å²) in [6.07, 6.45) is 1.74. The Morgan fingerprint density at radius 3 is 2.96 bits per heavy atom. The highest BCUT2D eigenvalue weighted by Crippen LogP contribution is 2.24. The van der Waals surface area contributed by atoms with Crippen LogP contribution in [-0.4, -0.2) is 52.7 Å². The second-order valence-electron chi connectivity index (χ2n) is 5.67. The minimum absolute atomic E-state index is 0.0614. The first-order valence-corrected chi connectivity index (χ1v) is 7.30. The van der Waals surface area contributed by atoms with Gasteiger partial charge in [-0.3, -0.25) is 4.79 Å². The van der Waals surface area contributed by atoms with Gasteiger partial charge < -0.3 is 19.7 Å². The molecule has 7 heteroatoms. The fourth-order valence-electron chi connectivity index (χ4n) is 3.05. The average Bonchev–Trinajstić information content (AvgIpc) is 3.11. The van der Waals surface area contributed by atoms with Crippen molar-refractivity contribution in [1.29, 1.82) is 0 Å². The number of halogens is 1. The summed E-state index contributed by atoms with van der Waals surface area (Å²) in [5.41, 5.74) is 1.33. The fourth-order valence-corrected chi connectivity index (χ4v) is 3.05. The number of amides is 1. The number of carboxylic acid groups (broad SMARTS) is 1. The third kappa shape index (κ3) is 2.92. The van der Waals surface area contributed by atoms with Crippen molar-refractivity contribution < 1.29 is 23.8 Å². The number of carbonyl (C=O) groups excluding carboxylic acids is 1. The Kier molecular flexibility index (Phi) is 4.04. The quantitative estimate of drug-likeness (QED) is 0.895. The van der Waals surface area contributed by atoms with Crippen LogP contribution in [0, 0.1) is 5.82 Å². The van der Waals surface area contributed by atoms with Crippen molar-refractivity contribution in [3.05, 3.63) is 35.8 Å². The van der Waals surface area contributed by atoms with Crippen molar-refractivity contribution in [1.82, 2.24) is 9.88 Å². The van der Waals surface area contributed by atoms with E-state index in [-0.39, 0.29) is 37.2 Å². The van der Waals surface area contributed by atoms with Crippen molar-refractivity contribution in [3.8, 4) is 0 Å². The summed E-state index contributed by atoms with van der Waals surface area (Å²) in [5, 5.41) is 10.0. The van der Waals surface area contributed by atoms with E-state index in [0.717, 1.165) is 10.9 Å². The highest BCUT2D eigenvalue weighted by molar-refractivity contribution is 5.91. The number of fused-ring (bicyclic) bond motifs is 1. The first kappa shape index (κ1) is 15.5. The molecule has 0 aliphatic carbocycles. The van der Waals surface area contributed by atoms with Crippen LogP contribution in [0.2, 0.25) is 0 Å². The summed E-state index contributed by atoms with van der Waals surface area (Å²) in [6.45, 7) is 0.267. The molecule has 1 saturated heterocycles. The van der Waals surface area contributed by atoms with Gasteiger partial charge in [-0.25, -0.2) is 9.18 Å². The topological polar surface area (TPSA) is 82.6 Å². The number of ether oxygens (including phenoxy) is 1. The lowest BCUT2D eigenvalue weighted by Gasteiger charge is -2.21. The van der Waals surface area contributed by atoms with E-state index >= 15 is 0 Å². The molecule has 0 bridgehead atoms. The van der Waals surface area contributed by atoms with E-state index in [4.69, 9.17) is 4.74 Å². The molecular weight excluding hydrogens is 303 g/mol. The molecule has 1 aliphatic heterocycles. The van der Waals surface area contributed by atoms with E-state index in [1.54, 1.807) is 12.3 Å². The van der Waals surface area contributed by atoms with Gasteiger partial charge in [0.2, 0.25) is 5.91 Å². The Labute approximate surface area is 131 Å². The molecule has 0 radical (unpaired) electrons. The number of methoxy groups -OCH3 is 1. The van der Waals surface area contributed by atoms with Gasteiger partial charge in [-0.05, 0) is 23.8 Å². The average molecular weight is 320 g/mol. The van der Waals surface area contributed by atoms with Gasteiger partial charge in [0.15, 0.2) is 0 Å². The zero-order valence-corrected chi connectivity index (χ0v) is 12.6. The molecule has 1 aromatic heterocycles. The molecule has 1 fully saturated rings. The molecule has 2 N–H and O–H groups in total. The predicted octanol–water partition coefficient (Wildman–Crippen LogP) is 1.55. The molecule has 122 valence electrons. The second kappa shape index (κ2) is 6.00. The van der Waals surface area contributed by atoms with E-state index in [9.17, 15) is 19.1 Å². The summed E-state index contributed by atoms with van der Waals surface area (Å²) < 4.78 is 18.4. The van der Waals surface area contributed by atoms with Crippen LogP contribution in [0.4, 0.5) is 4.39 Å². The van der Waals surface area contributed by atoms with E-state index in [0.29, 0.717) is 5.52 Å². The summed E-state index contributed by atoms with van der Waals surface area (Å²) in [7, 11) is 1.51. The van der Waals surface area contributed by atoms with Crippen LogP contribution >= 0.6 is 0 Å². The monoisotopic (exact) mass is 320 g/mol. The van der Waals surface area contributed by atoms with Gasteiger partial charge in [0.25, 0.3) is 0 Å². The third-order valence-electron chi connectivity index (χ3n) is 4.27. The number of carbonyl (C=O) groups is 2. The van der Waals surface area contributed by atoms with Gasteiger partial charge in [-0.15, -0.1) is 0 Å². The highest BCUT2D eigenvalue weighted by atomic mass is 19.1. The van der Waals surface area contributed by atoms with Crippen LogP contribution in [0.15, 0.2) is 24.4 Å². The Bertz CT molecular complexity index is 758. The first-order chi connectivity index (χ1) is 11.0. The summed E-state index contributed by atoms with van der Waals surface area (Å²) in [5.74, 6) is -1.66. The Morgan fingerprint density at radius 2 is 2.26 bits per heavy atom. The predicted molar refractivity (Wildman–Crippen MR) is 80.5 cm³/mol. The molecule has 0 saturated carbocycles. The van der Waals surface area contributed by atoms with Crippen molar-refractivity contribution in [2.45, 2.75) is 25.0 Å². The maximum atomic E-state index is 13.2. The van der Waals surface area contributed by atoms with E-state index in [2.05, 4.69) is 4.98 Å². The van der Waals surface area contributed by atoms with Gasteiger partial charge in [0.05, 0.1) is 12.5 Å². The van der Waals surface area contributed by atoms with Crippen LogP contribution in [0.25, 0.3) is 10.9 Å². The second-order valence-corrected chi connectivity index (χ2v) is 5.67.